The summed E-state index contributed by atoms with van der Waals surface area (Å²) < 4.78 is 23.2. The molecule has 20 nitrogen and oxygen atoms in total. The number of Topliss-reactive ketones (excluding diaryl/α,β-unsaturated/α-hetero) is 2. The van der Waals surface area contributed by atoms with Gasteiger partial charge in [0, 0.05) is 62.7 Å². The zero-order chi connectivity index (χ0) is 57.6. The maximum Gasteiger partial charge on any atom is 0.309 e. The van der Waals surface area contributed by atoms with Gasteiger partial charge in [0.1, 0.15) is 18.7 Å². The highest BCUT2D eigenvalue weighted by molar-refractivity contribution is 5.96. The smallest absolute Gasteiger partial charge is 0.309 e. The fourth-order valence-corrected chi connectivity index (χ4v) is 9.15. The average molecular weight is 1100 g/mol. The molecule has 0 radical (unpaired) electrons. The highest BCUT2D eigenvalue weighted by Gasteiger charge is 2.45. The molecule has 0 aromatic heterocycles. The van der Waals surface area contributed by atoms with E-state index < -0.39 is 129 Å². The third-order valence-electron chi connectivity index (χ3n) is 13.5. The number of esters is 1. The SMILES string of the molecule is CNc1ccc(C(=O)CC(O)CC[C@H](C)[C@H]2OC(=O)C[C@H](O)CC(=O)CC(O)CC(O)CC(O)CC(O)CC3(O)CC[C@@H](C(=O)O)[C@H](CC(OCOC[C@@H](O)[C@H](N)CO)/C=C/C=C/C=C/C=C\C=C/C=C/C=C/[C@@H]2C)O3)cc1. The Bertz CT molecular complexity index is 2160. The van der Waals surface area contributed by atoms with Crippen LogP contribution in [-0.4, -0.2) is 174 Å². The van der Waals surface area contributed by atoms with Crippen LogP contribution in [0.15, 0.2) is 109 Å². The van der Waals surface area contributed by atoms with Crippen molar-refractivity contribution in [2.24, 2.45) is 23.5 Å². The Kier molecular flexibility index (Phi) is 31.3. The number of carbonyl (C=O) groups is 4. The van der Waals surface area contributed by atoms with Crippen LogP contribution in [0.5, 0.6) is 0 Å². The van der Waals surface area contributed by atoms with Crippen molar-refractivity contribution in [2.75, 3.05) is 32.4 Å². The third-order valence-corrected chi connectivity index (χ3v) is 13.5. The van der Waals surface area contributed by atoms with Crippen LogP contribution >= 0.6 is 0 Å². The summed E-state index contributed by atoms with van der Waals surface area (Å²) >= 11 is 0. The number of fused-ring (bicyclic) bond motifs is 2. The Hall–Kier alpha value is -5.04. The lowest BCUT2D eigenvalue weighted by molar-refractivity contribution is -0.282. The van der Waals surface area contributed by atoms with Gasteiger partial charge in [-0.3, -0.25) is 19.2 Å². The van der Waals surface area contributed by atoms with E-state index in [-0.39, 0.29) is 82.4 Å². The molecule has 2 heterocycles. The van der Waals surface area contributed by atoms with Gasteiger partial charge < -0.3 is 81.1 Å². The number of anilines is 1. The lowest BCUT2D eigenvalue weighted by atomic mass is 9.85. The Labute approximate surface area is 458 Å². The first-order valence-corrected chi connectivity index (χ1v) is 26.8. The summed E-state index contributed by atoms with van der Waals surface area (Å²) in [7, 11) is 1.77. The molecule has 0 spiro atoms. The fraction of sp³-hybridized carbons (Fsp3) is 0.586. The van der Waals surface area contributed by atoms with Gasteiger partial charge in [-0.15, -0.1) is 0 Å². The molecule has 1 saturated heterocycles. The molecule has 1 aromatic rings. The van der Waals surface area contributed by atoms with E-state index in [4.69, 9.17) is 24.7 Å². The molecular weight excluding hydrogens is 1010 g/mol. The number of aliphatic hydroxyl groups is 9. The lowest BCUT2D eigenvalue weighted by Gasteiger charge is -2.42. The van der Waals surface area contributed by atoms with Gasteiger partial charge >= 0.3 is 11.9 Å². The number of nitrogens with one attached hydrogen (secondary N) is 1. The third kappa shape index (κ3) is 26.7. The van der Waals surface area contributed by atoms with Crippen molar-refractivity contribution in [3.63, 3.8) is 0 Å². The minimum Gasteiger partial charge on any atom is -0.481 e. The number of rotatable bonds is 16. The van der Waals surface area contributed by atoms with Crippen LogP contribution < -0.4 is 11.1 Å². The largest absolute Gasteiger partial charge is 0.481 e. The maximum absolute atomic E-state index is 13.3. The van der Waals surface area contributed by atoms with Crippen molar-refractivity contribution in [3.05, 3.63) is 115 Å². The number of carbonyl (C=O) groups excluding carboxylic acids is 3. The minimum absolute atomic E-state index is 0.0344. The summed E-state index contributed by atoms with van der Waals surface area (Å²) in [4.78, 5) is 51.5. The molecule has 2 bridgehead atoms. The first kappa shape index (κ1) is 67.2. The molecule has 0 aliphatic carbocycles. The Morgan fingerprint density at radius 2 is 1.35 bits per heavy atom. The van der Waals surface area contributed by atoms with E-state index in [0.717, 1.165) is 5.69 Å². The van der Waals surface area contributed by atoms with Crippen molar-refractivity contribution in [3.8, 4) is 0 Å². The van der Waals surface area contributed by atoms with Gasteiger partial charge in [-0.2, -0.15) is 0 Å². The van der Waals surface area contributed by atoms with E-state index in [0.29, 0.717) is 12.0 Å². The van der Waals surface area contributed by atoms with Crippen molar-refractivity contribution in [1.29, 1.82) is 0 Å². The summed E-state index contributed by atoms with van der Waals surface area (Å²) in [6.45, 7) is 2.60. The molecule has 13 N–H and O–H groups in total. The van der Waals surface area contributed by atoms with Crippen molar-refractivity contribution >= 4 is 29.2 Å². The molecule has 1 fully saturated rings. The number of aliphatic hydroxyl groups excluding tert-OH is 8. The van der Waals surface area contributed by atoms with Crippen LogP contribution in [0.1, 0.15) is 108 Å². The van der Waals surface area contributed by atoms with Crippen LogP contribution in [0.2, 0.25) is 0 Å². The number of hydrogen-bond acceptors (Lipinski definition) is 19. The number of ether oxygens (including phenoxy) is 4. The zero-order valence-electron chi connectivity index (χ0n) is 45.1. The normalized spacial score (nSPS) is 32.6. The summed E-state index contributed by atoms with van der Waals surface area (Å²) in [5, 5.41) is 109. The first-order valence-electron chi connectivity index (χ1n) is 26.8. The van der Waals surface area contributed by atoms with E-state index in [1.54, 1.807) is 110 Å². The molecule has 1 aromatic carbocycles. The lowest BCUT2D eigenvalue weighted by Crippen LogP contribution is -2.50. The molecule has 15 atom stereocenters. The molecule has 78 heavy (non-hydrogen) atoms. The second-order valence-corrected chi connectivity index (χ2v) is 20.4. The number of ketones is 2. The second-order valence-electron chi connectivity index (χ2n) is 20.4. The van der Waals surface area contributed by atoms with Crippen LogP contribution in [0.3, 0.4) is 0 Å². The van der Waals surface area contributed by atoms with Crippen LogP contribution in [0.25, 0.3) is 0 Å². The molecule has 0 amide bonds. The van der Waals surface area contributed by atoms with Crippen LogP contribution in [0, 0.1) is 17.8 Å². The molecule has 7 unspecified atom stereocenters. The van der Waals surface area contributed by atoms with Crippen LogP contribution in [-0.2, 0) is 33.3 Å². The molecule has 436 valence electrons. The number of hydrogen-bond donors (Lipinski definition) is 12. The molecule has 2 aliphatic heterocycles. The zero-order valence-corrected chi connectivity index (χ0v) is 45.1. The van der Waals surface area contributed by atoms with E-state index in [1.165, 1.54) is 0 Å². The predicted molar refractivity (Wildman–Crippen MR) is 291 cm³/mol. The maximum atomic E-state index is 13.3. The van der Waals surface area contributed by atoms with Gasteiger partial charge in [0.25, 0.3) is 0 Å². The number of benzene rings is 1. The number of nitrogens with two attached hydrogens (primary N) is 1. The number of carboxylic acid groups (broad SMARTS) is 1. The number of allylic oxidation sites excluding steroid dienone is 12. The van der Waals surface area contributed by atoms with Gasteiger partial charge in [-0.25, -0.2) is 0 Å². The monoisotopic (exact) mass is 1100 g/mol. The van der Waals surface area contributed by atoms with E-state index in [9.17, 15) is 70.2 Å². The minimum atomic E-state index is -2.02. The molecule has 0 saturated carbocycles. The Balaban J connectivity index is 1.81. The highest BCUT2D eigenvalue weighted by Crippen LogP contribution is 2.37. The first-order chi connectivity index (χ1) is 37.1. The quantitative estimate of drug-likeness (QED) is 0.0486. The standard InChI is InChI=1S/C58H86N2O18/c1-38-16-14-12-10-8-6-4-5-7-9-11-13-15-17-49(76-37-75-36-53(70)51(59)35-61)33-54-50(57(72)73)24-25-58(74,78-54)34-48(68)30-46(66)28-44(64)26-43(63)27-45(65)29-47(67)32-55(71)77-56(38)39(2)18-23-42(62)31-52(69)40-19-21-41(60-3)22-20-40/h4-17,19-22,38-39,42-44,46-51,53-54,56,60-64,66-68,70,74H,18,23-37,59H2,1-3H3,(H,72,73)/b5-4-,8-6-,9-7+,12-10+,13-11+,16-14+,17-15+/t38-,39-,42?,43?,44?,46?,47+,48?,49?,50+,51+,53+,54-,56-,58?/m0/s1. The summed E-state index contributed by atoms with van der Waals surface area (Å²) in [6.07, 6.45) is 10.2. The second kappa shape index (κ2) is 36.3. The van der Waals surface area contributed by atoms with Gasteiger partial charge in [0.15, 0.2) is 11.6 Å². The van der Waals surface area contributed by atoms with E-state index in [1.807, 2.05) is 19.9 Å². The predicted octanol–water partition coefficient (Wildman–Crippen LogP) is 3.64. The summed E-state index contributed by atoms with van der Waals surface area (Å²) in [5.74, 6) is -6.55. The Morgan fingerprint density at radius 1 is 0.782 bits per heavy atom. The average Bonchev–Trinajstić information content (AvgIpc) is 3.37. The van der Waals surface area contributed by atoms with Gasteiger partial charge in [0.05, 0.1) is 86.5 Å². The molecule has 2 aliphatic rings. The fourth-order valence-electron chi connectivity index (χ4n) is 9.15. The van der Waals surface area contributed by atoms with Gasteiger partial charge in [-0.1, -0.05) is 98.9 Å². The Morgan fingerprint density at radius 3 is 1.94 bits per heavy atom. The van der Waals surface area contributed by atoms with Crippen LogP contribution in [0.4, 0.5) is 5.69 Å². The van der Waals surface area contributed by atoms with Gasteiger partial charge in [0.2, 0.25) is 0 Å². The summed E-state index contributed by atoms with van der Waals surface area (Å²) in [5.41, 5.74) is 6.97. The van der Waals surface area contributed by atoms with E-state index in [2.05, 4.69) is 5.32 Å². The topological polar surface area (TPSA) is 346 Å². The van der Waals surface area contributed by atoms with Crippen molar-refractivity contribution in [1.82, 2.24) is 0 Å². The number of carboxylic acids is 1. The molecule has 20 heteroatoms. The van der Waals surface area contributed by atoms with Gasteiger partial charge in [-0.05, 0) is 68.7 Å². The summed E-state index contributed by atoms with van der Waals surface area (Å²) in [6, 6.07) is 5.97. The van der Waals surface area contributed by atoms with Crippen molar-refractivity contribution in [2.45, 2.75) is 170 Å². The number of cyclic esters (lactones) is 1. The molecule has 3 rings (SSSR count). The van der Waals surface area contributed by atoms with Crippen molar-refractivity contribution < 1.29 is 89.2 Å². The van der Waals surface area contributed by atoms with E-state index >= 15 is 0 Å². The molecular formula is C58H86N2O18. The highest BCUT2D eigenvalue weighted by atomic mass is 16.7. The number of aliphatic carboxylic acids is 1.